The van der Waals surface area contributed by atoms with Crippen molar-refractivity contribution < 1.29 is 0 Å². The molecule has 2 aromatic heterocycles. The van der Waals surface area contributed by atoms with Crippen LogP contribution in [0, 0.1) is 0 Å². The van der Waals surface area contributed by atoms with Gasteiger partial charge in [-0.25, -0.2) is 14.6 Å². The number of aromatic nitrogens is 5. The van der Waals surface area contributed by atoms with E-state index in [4.69, 9.17) is 17.3 Å². The van der Waals surface area contributed by atoms with Gasteiger partial charge in [0.2, 0.25) is 0 Å². The minimum atomic E-state index is 0.286. The maximum atomic E-state index is 6.25. The van der Waals surface area contributed by atoms with Crippen LogP contribution in [0.2, 0.25) is 5.02 Å². The van der Waals surface area contributed by atoms with E-state index in [-0.39, 0.29) is 5.82 Å². The van der Waals surface area contributed by atoms with Crippen molar-refractivity contribution in [3.8, 4) is 11.4 Å². The van der Waals surface area contributed by atoms with Gasteiger partial charge in [-0.15, -0.1) is 5.10 Å². The number of nitrogens with zero attached hydrogens (tertiary/aromatic N) is 5. The van der Waals surface area contributed by atoms with Gasteiger partial charge in [-0.1, -0.05) is 59.3 Å². The van der Waals surface area contributed by atoms with Gasteiger partial charge >= 0.3 is 0 Å². The third-order valence-corrected chi connectivity index (χ3v) is 4.01. The molecule has 0 aliphatic heterocycles. The predicted molar refractivity (Wildman–Crippen MR) is 93.5 cm³/mol. The molecule has 4 rings (SSSR count). The summed E-state index contributed by atoms with van der Waals surface area (Å²) in [6, 6.07) is 17.4. The fraction of sp³-hybridized carbons (Fsp3) is 0.0588. The van der Waals surface area contributed by atoms with E-state index in [1.165, 1.54) is 0 Å². The van der Waals surface area contributed by atoms with E-state index in [1.54, 1.807) is 10.7 Å². The first-order valence-corrected chi connectivity index (χ1v) is 7.76. The second kappa shape index (κ2) is 5.90. The molecule has 0 radical (unpaired) electrons. The number of benzene rings is 2. The van der Waals surface area contributed by atoms with Gasteiger partial charge in [0.1, 0.15) is 0 Å². The Labute approximate surface area is 142 Å². The normalized spacial score (nSPS) is 11.0. The Kier molecular flexibility index (Phi) is 3.59. The van der Waals surface area contributed by atoms with Crippen LogP contribution in [0.1, 0.15) is 5.56 Å². The highest BCUT2D eigenvalue weighted by atomic mass is 35.5. The molecule has 0 spiro atoms. The van der Waals surface area contributed by atoms with Crippen LogP contribution in [0.25, 0.3) is 22.6 Å². The molecule has 2 heterocycles. The topological polar surface area (TPSA) is 82.5 Å². The minimum Gasteiger partial charge on any atom is -0.382 e. The second-order valence-electron chi connectivity index (χ2n) is 5.32. The van der Waals surface area contributed by atoms with Gasteiger partial charge in [0.25, 0.3) is 0 Å². The van der Waals surface area contributed by atoms with Crippen LogP contribution in [0.3, 0.4) is 0 Å². The summed E-state index contributed by atoms with van der Waals surface area (Å²) in [7, 11) is 0. The lowest BCUT2D eigenvalue weighted by Crippen LogP contribution is -2.04. The maximum absolute atomic E-state index is 6.25. The van der Waals surface area contributed by atoms with Crippen LogP contribution in [0.4, 0.5) is 5.82 Å². The molecule has 0 saturated heterocycles. The van der Waals surface area contributed by atoms with Gasteiger partial charge in [0, 0.05) is 5.56 Å². The van der Waals surface area contributed by atoms with Crippen LogP contribution in [0.5, 0.6) is 0 Å². The minimum absolute atomic E-state index is 0.286. The van der Waals surface area contributed by atoms with Gasteiger partial charge in [0.15, 0.2) is 22.8 Å². The number of hydrogen-bond donors (Lipinski definition) is 1. The average Bonchev–Trinajstić information content (AvgIpc) is 3.00. The van der Waals surface area contributed by atoms with Crippen LogP contribution in [0.15, 0.2) is 54.6 Å². The van der Waals surface area contributed by atoms with Crippen molar-refractivity contribution in [2.45, 2.75) is 6.54 Å². The summed E-state index contributed by atoms with van der Waals surface area (Å²) in [5.74, 6) is 0.747. The molecule has 4 aromatic rings. The highest BCUT2D eigenvalue weighted by Crippen LogP contribution is 2.27. The Morgan fingerprint density at radius 3 is 2.50 bits per heavy atom. The van der Waals surface area contributed by atoms with E-state index in [2.05, 4.69) is 20.3 Å². The van der Waals surface area contributed by atoms with Crippen molar-refractivity contribution >= 4 is 28.6 Å². The van der Waals surface area contributed by atoms with Gasteiger partial charge < -0.3 is 5.73 Å². The number of halogens is 1. The monoisotopic (exact) mass is 336 g/mol. The lowest BCUT2D eigenvalue weighted by Gasteiger charge is -2.06. The average molecular weight is 337 g/mol. The van der Waals surface area contributed by atoms with Crippen LogP contribution < -0.4 is 5.73 Å². The number of nitrogens with two attached hydrogens (primary N) is 1. The second-order valence-corrected chi connectivity index (χ2v) is 5.72. The standard InChI is InChI=1S/C17H13ClN6/c18-13-9-5-4-8-12(13)16-20-15(19)14-17(21-16)24(23-22-14)10-11-6-2-1-3-7-11/h1-9H,10H2,(H2,19,20,21). The smallest absolute Gasteiger partial charge is 0.184 e. The lowest BCUT2D eigenvalue weighted by molar-refractivity contribution is 0.664. The van der Waals surface area contributed by atoms with Crippen LogP contribution >= 0.6 is 11.6 Å². The summed E-state index contributed by atoms with van der Waals surface area (Å²) < 4.78 is 1.71. The quantitative estimate of drug-likeness (QED) is 0.621. The number of hydrogen-bond acceptors (Lipinski definition) is 5. The van der Waals surface area contributed by atoms with Crippen molar-refractivity contribution in [1.82, 2.24) is 25.0 Å². The molecular formula is C17H13ClN6. The van der Waals surface area contributed by atoms with Crippen molar-refractivity contribution in [2.24, 2.45) is 0 Å². The fourth-order valence-corrected chi connectivity index (χ4v) is 2.72. The molecule has 0 fully saturated rings. The van der Waals surface area contributed by atoms with Crippen LogP contribution in [-0.4, -0.2) is 25.0 Å². The third-order valence-electron chi connectivity index (χ3n) is 3.68. The van der Waals surface area contributed by atoms with E-state index < -0.39 is 0 Å². The van der Waals surface area contributed by atoms with Gasteiger partial charge in [-0.2, -0.15) is 0 Å². The zero-order valence-electron chi connectivity index (χ0n) is 12.6. The first-order valence-electron chi connectivity index (χ1n) is 7.38. The largest absolute Gasteiger partial charge is 0.382 e. The SMILES string of the molecule is Nc1nc(-c2ccccc2Cl)nc2c1nnn2Cc1ccccc1. The molecule has 118 valence electrons. The van der Waals surface area contributed by atoms with Crippen molar-refractivity contribution in [2.75, 3.05) is 5.73 Å². The van der Waals surface area contributed by atoms with Gasteiger partial charge in [-0.3, -0.25) is 0 Å². The first-order chi connectivity index (χ1) is 11.7. The number of nitrogen functional groups attached to an aromatic ring is 1. The molecule has 0 bridgehead atoms. The Hall–Kier alpha value is -2.99. The molecular weight excluding hydrogens is 324 g/mol. The third kappa shape index (κ3) is 2.57. The molecule has 0 saturated carbocycles. The Bertz CT molecular complexity index is 1010. The molecule has 0 aliphatic rings. The molecule has 2 N–H and O–H groups in total. The van der Waals surface area contributed by atoms with Crippen molar-refractivity contribution in [1.29, 1.82) is 0 Å². The lowest BCUT2D eigenvalue weighted by atomic mass is 10.2. The van der Waals surface area contributed by atoms with Gasteiger partial charge in [-0.05, 0) is 17.7 Å². The Balaban J connectivity index is 1.85. The number of anilines is 1. The zero-order valence-corrected chi connectivity index (χ0v) is 13.4. The van der Waals surface area contributed by atoms with E-state index in [0.29, 0.717) is 28.6 Å². The molecule has 2 aromatic carbocycles. The summed E-state index contributed by atoms with van der Waals surface area (Å²) in [6.45, 7) is 0.551. The maximum Gasteiger partial charge on any atom is 0.184 e. The molecule has 0 atom stereocenters. The van der Waals surface area contributed by atoms with Crippen LogP contribution in [-0.2, 0) is 6.54 Å². The highest BCUT2D eigenvalue weighted by Gasteiger charge is 2.15. The van der Waals surface area contributed by atoms with E-state index in [0.717, 1.165) is 11.1 Å². The molecule has 24 heavy (non-hydrogen) atoms. The van der Waals surface area contributed by atoms with E-state index in [1.807, 2.05) is 48.5 Å². The zero-order chi connectivity index (χ0) is 16.5. The summed E-state index contributed by atoms with van der Waals surface area (Å²) in [5, 5.41) is 8.83. The number of fused-ring (bicyclic) bond motifs is 1. The molecule has 0 unspecified atom stereocenters. The van der Waals surface area contributed by atoms with Crippen molar-refractivity contribution in [3.63, 3.8) is 0 Å². The number of rotatable bonds is 3. The Morgan fingerprint density at radius 1 is 0.958 bits per heavy atom. The molecule has 0 aliphatic carbocycles. The van der Waals surface area contributed by atoms with Gasteiger partial charge in [0.05, 0.1) is 11.6 Å². The van der Waals surface area contributed by atoms with E-state index in [9.17, 15) is 0 Å². The summed E-state index contributed by atoms with van der Waals surface area (Å²) in [4.78, 5) is 8.90. The summed E-state index contributed by atoms with van der Waals surface area (Å²) >= 11 is 6.25. The molecule has 7 heteroatoms. The molecule has 0 amide bonds. The summed E-state index contributed by atoms with van der Waals surface area (Å²) in [6.07, 6.45) is 0. The highest BCUT2D eigenvalue weighted by molar-refractivity contribution is 6.33. The predicted octanol–water partition coefficient (Wildman–Crippen LogP) is 3.17. The fourth-order valence-electron chi connectivity index (χ4n) is 2.50. The first kappa shape index (κ1) is 14.6. The van der Waals surface area contributed by atoms with E-state index >= 15 is 0 Å². The molecule has 6 nitrogen and oxygen atoms in total. The Morgan fingerprint density at radius 2 is 1.71 bits per heavy atom. The summed E-state index contributed by atoms with van der Waals surface area (Å²) in [5.41, 5.74) is 8.93. The van der Waals surface area contributed by atoms with Crippen molar-refractivity contribution in [3.05, 3.63) is 65.2 Å².